The number of aliphatic hydroxyl groups excluding tert-OH is 1. The van der Waals surface area contributed by atoms with Gasteiger partial charge in [0, 0.05) is 6.54 Å². The van der Waals surface area contributed by atoms with Crippen LogP contribution in [0.3, 0.4) is 0 Å². The molecule has 0 aliphatic carbocycles. The van der Waals surface area contributed by atoms with Gasteiger partial charge in [-0.2, -0.15) is 0 Å². The van der Waals surface area contributed by atoms with E-state index in [9.17, 15) is 5.11 Å². The summed E-state index contributed by atoms with van der Waals surface area (Å²) in [6.07, 6.45) is 4.66. The van der Waals surface area contributed by atoms with E-state index in [2.05, 4.69) is 36.1 Å². The van der Waals surface area contributed by atoms with Crippen molar-refractivity contribution in [1.29, 1.82) is 0 Å². The van der Waals surface area contributed by atoms with Crippen molar-refractivity contribution in [2.24, 2.45) is 5.92 Å². The fourth-order valence-electron chi connectivity index (χ4n) is 3.07. The molecule has 0 bridgehead atoms. The van der Waals surface area contributed by atoms with Crippen molar-refractivity contribution in [3.63, 3.8) is 0 Å². The second-order valence-electron chi connectivity index (χ2n) is 5.97. The number of hydrogen-bond acceptors (Lipinski definition) is 2. The lowest BCUT2D eigenvalue weighted by Crippen LogP contribution is -2.40. The van der Waals surface area contributed by atoms with Gasteiger partial charge in [0.15, 0.2) is 0 Å². The Morgan fingerprint density at radius 1 is 1.37 bits per heavy atom. The maximum absolute atomic E-state index is 9.71. The molecular weight excluding hydrogens is 234 g/mol. The summed E-state index contributed by atoms with van der Waals surface area (Å²) in [4.78, 5) is 2.53. The molecule has 1 heterocycles. The Kier molecular flexibility index (Phi) is 5.41. The minimum Gasteiger partial charge on any atom is -0.393 e. The maximum atomic E-state index is 9.71. The van der Waals surface area contributed by atoms with Crippen LogP contribution in [-0.2, 0) is 6.42 Å². The average molecular weight is 261 g/mol. The fourth-order valence-corrected chi connectivity index (χ4v) is 3.07. The summed E-state index contributed by atoms with van der Waals surface area (Å²) in [6.45, 7) is 7.57. The molecule has 1 aliphatic rings. The first-order valence-corrected chi connectivity index (χ1v) is 7.61. The lowest BCUT2D eigenvalue weighted by Gasteiger charge is -2.34. The number of aliphatic hydroxyl groups is 1. The molecule has 2 atom stereocenters. The van der Waals surface area contributed by atoms with E-state index < -0.39 is 0 Å². The summed E-state index contributed by atoms with van der Waals surface area (Å²) in [5.41, 5.74) is 2.88. The Balaban J connectivity index is 1.75. The van der Waals surface area contributed by atoms with Crippen molar-refractivity contribution in [2.75, 3.05) is 19.6 Å². The Morgan fingerprint density at radius 2 is 2.16 bits per heavy atom. The van der Waals surface area contributed by atoms with E-state index in [4.69, 9.17) is 0 Å². The predicted molar refractivity (Wildman–Crippen MR) is 80.3 cm³/mol. The molecule has 0 saturated carbocycles. The summed E-state index contributed by atoms with van der Waals surface area (Å²) >= 11 is 0. The highest BCUT2D eigenvalue weighted by Crippen LogP contribution is 2.20. The van der Waals surface area contributed by atoms with Gasteiger partial charge in [-0.15, -0.1) is 0 Å². The van der Waals surface area contributed by atoms with Gasteiger partial charge in [0.05, 0.1) is 6.10 Å². The molecule has 2 nitrogen and oxygen atoms in total. The zero-order chi connectivity index (χ0) is 13.7. The molecule has 2 unspecified atom stereocenters. The van der Waals surface area contributed by atoms with E-state index in [1.165, 1.54) is 43.4 Å². The largest absolute Gasteiger partial charge is 0.393 e. The number of piperidine rings is 1. The molecule has 1 N–H and O–H groups in total. The second kappa shape index (κ2) is 7.06. The molecule has 106 valence electrons. The Hall–Kier alpha value is -0.860. The minimum atomic E-state index is -0.154. The van der Waals surface area contributed by atoms with E-state index >= 15 is 0 Å². The molecule has 1 aliphatic heterocycles. The van der Waals surface area contributed by atoms with Gasteiger partial charge in [0.1, 0.15) is 0 Å². The second-order valence-corrected chi connectivity index (χ2v) is 5.97. The van der Waals surface area contributed by atoms with Gasteiger partial charge in [0.25, 0.3) is 0 Å². The summed E-state index contributed by atoms with van der Waals surface area (Å²) in [7, 11) is 0. The molecule has 0 amide bonds. The standard InChI is InChI=1S/C17H27NO/c1-14-7-3-4-8-16(14)9-5-11-18-12-6-10-17(13-18)15(2)19/h3-4,7-8,15,17,19H,5-6,9-13H2,1-2H3. The van der Waals surface area contributed by atoms with Crippen LogP contribution in [0.2, 0.25) is 0 Å². The van der Waals surface area contributed by atoms with Gasteiger partial charge in [0.2, 0.25) is 0 Å². The molecule has 1 fully saturated rings. The molecule has 19 heavy (non-hydrogen) atoms. The monoisotopic (exact) mass is 261 g/mol. The highest BCUT2D eigenvalue weighted by Gasteiger charge is 2.22. The first-order valence-electron chi connectivity index (χ1n) is 7.61. The number of benzene rings is 1. The van der Waals surface area contributed by atoms with Gasteiger partial charge in [-0.05, 0) is 69.7 Å². The van der Waals surface area contributed by atoms with E-state index in [1.54, 1.807) is 0 Å². The van der Waals surface area contributed by atoms with Crippen molar-refractivity contribution in [2.45, 2.75) is 45.6 Å². The van der Waals surface area contributed by atoms with Crippen LogP contribution in [0.4, 0.5) is 0 Å². The molecule has 1 aromatic carbocycles. The molecule has 0 aromatic heterocycles. The number of nitrogens with zero attached hydrogens (tertiary/aromatic N) is 1. The Bertz CT molecular complexity index is 389. The molecule has 0 radical (unpaired) electrons. The van der Waals surface area contributed by atoms with Crippen molar-refractivity contribution < 1.29 is 5.11 Å². The molecule has 2 rings (SSSR count). The van der Waals surface area contributed by atoms with Crippen LogP contribution in [0.5, 0.6) is 0 Å². The van der Waals surface area contributed by atoms with Crippen LogP contribution in [0.1, 0.15) is 37.3 Å². The van der Waals surface area contributed by atoms with Gasteiger partial charge >= 0.3 is 0 Å². The average Bonchev–Trinajstić information content (AvgIpc) is 2.41. The summed E-state index contributed by atoms with van der Waals surface area (Å²) in [5.74, 6) is 0.479. The Morgan fingerprint density at radius 3 is 2.89 bits per heavy atom. The zero-order valence-corrected chi connectivity index (χ0v) is 12.3. The SMILES string of the molecule is Cc1ccccc1CCCN1CCCC(C(C)O)C1. The van der Waals surface area contributed by atoms with Gasteiger partial charge < -0.3 is 10.0 Å². The molecule has 0 spiro atoms. The van der Waals surface area contributed by atoms with Crippen molar-refractivity contribution in [3.05, 3.63) is 35.4 Å². The zero-order valence-electron chi connectivity index (χ0n) is 12.3. The molecular formula is C17H27NO. The van der Waals surface area contributed by atoms with Crippen LogP contribution in [0, 0.1) is 12.8 Å². The van der Waals surface area contributed by atoms with Crippen molar-refractivity contribution >= 4 is 0 Å². The van der Waals surface area contributed by atoms with E-state index in [-0.39, 0.29) is 6.10 Å². The van der Waals surface area contributed by atoms with Crippen LogP contribution >= 0.6 is 0 Å². The molecule has 1 saturated heterocycles. The van der Waals surface area contributed by atoms with Crippen LogP contribution in [-0.4, -0.2) is 35.7 Å². The van der Waals surface area contributed by atoms with Crippen molar-refractivity contribution in [3.8, 4) is 0 Å². The lowest BCUT2D eigenvalue weighted by atomic mass is 9.93. The maximum Gasteiger partial charge on any atom is 0.0552 e. The predicted octanol–water partition coefficient (Wildman–Crippen LogP) is 3.02. The minimum absolute atomic E-state index is 0.154. The summed E-state index contributed by atoms with van der Waals surface area (Å²) in [6, 6.07) is 8.67. The third-order valence-corrected chi connectivity index (χ3v) is 4.41. The fraction of sp³-hybridized carbons (Fsp3) is 0.647. The van der Waals surface area contributed by atoms with Crippen LogP contribution < -0.4 is 0 Å². The van der Waals surface area contributed by atoms with Crippen molar-refractivity contribution in [1.82, 2.24) is 4.90 Å². The van der Waals surface area contributed by atoms with E-state index in [0.717, 1.165) is 13.1 Å². The number of likely N-dealkylation sites (tertiary alicyclic amines) is 1. The number of hydrogen-bond donors (Lipinski definition) is 1. The molecule has 2 heteroatoms. The molecule has 1 aromatic rings. The third kappa shape index (κ3) is 4.32. The van der Waals surface area contributed by atoms with E-state index in [0.29, 0.717) is 5.92 Å². The lowest BCUT2D eigenvalue weighted by molar-refractivity contribution is 0.0625. The summed E-state index contributed by atoms with van der Waals surface area (Å²) in [5, 5.41) is 9.71. The number of aryl methyl sites for hydroxylation is 2. The normalized spacial score (nSPS) is 22.4. The highest BCUT2D eigenvalue weighted by molar-refractivity contribution is 5.25. The number of rotatable bonds is 5. The quantitative estimate of drug-likeness (QED) is 0.880. The van der Waals surface area contributed by atoms with Gasteiger partial charge in [-0.3, -0.25) is 0 Å². The van der Waals surface area contributed by atoms with Gasteiger partial charge in [-0.25, -0.2) is 0 Å². The topological polar surface area (TPSA) is 23.5 Å². The van der Waals surface area contributed by atoms with Crippen LogP contribution in [0.15, 0.2) is 24.3 Å². The highest BCUT2D eigenvalue weighted by atomic mass is 16.3. The summed E-state index contributed by atoms with van der Waals surface area (Å²) < 4.78 is 0. The third-order valence-electron chi connectivity index (χ3n) is 4.41. The first kappa shape index (κ1) is 14.5. The first-order chi connectivity index (χ1) is 9.16. The van der Waals surface area contributed by atoms with Gasteiger partial charge in [-0.1, -0.05) is 24.3 Å². The smallest absolute Gasteiger partial charge is 0.0552 e. The van der Waals surface area contributed by atoms with E-state index in [1.807, 2.05) is 6.92 Å². The van der Waals surface area contributed by atoms with Crippen LogP contribution in [0.25, 0.3) is 0 Å². The Labute approximate surface area is 117 Å².